The van der Waals surface area contributed by atoms with Gasteiger partial charge in [0.1, 0.15) is 23.9 Å². The molecule has 154 valence electrons. The minimum atomic E-state index is -1.98. The molecule has 1 unspecified atom stereocenters. The first-order chi connectivity index (χ1) is 13.7. The zero-order valence-electron chi connectivity index (χ0n) is 17.2. The molecule has 0 bridgehead atoms. The second-order valence-corrected chi connectivity index (χ2v) is 12.9. The maximum Gasteiger partial charge on any atom is 0.416 e. The third-order valence-corrected chi connectivity index (χ3v) is 6.11. The smallest absolute Gasteiger partial charge is 0.416 e. The van der Waals surface area contributed by atoms with E-state index >= 15 is 0 Å². The molecule has 0 radical (unpaired) electrons. The summed E-state index contributed by atoms with van der Waals surface area (Å²) >= 11 is 1.48. The molecule has 0 aliphatic carbocycles. The average molecular weight is 432 g/mol. The van der Waals surface area contributed by atoms with Crippen molar-refractivity contribution in [3.8, 4) is 0 Å². The number of para-hydroxylation sites is 1. The van der Waals surface area contributed by atoms with E-state index in [1.54, 1.807) is 12.3 Å². The van der Waals surface area contributed by atoms with Crippen LogP contribution in [-0.2, 0) is 9.26 Å². The van der Waals surface area contributed by atoms with Gasteiger partial charge >= 0.3 is 6.09 Å². The Morgan fingerprint density at radius 2 is 2.07 bits per heavy atom. The molecular weight excluding hydrogens is 406 g/mol. The van der Waals surface area contributed by atoms with E-state index in [9.17, 15) is 9.90 Å². The molecule has 9 heteroatoms. The lowest BCUT2D eigenvalue weighted by Crippen LogP contribution is -2.28. The molecule has 1 N–H and O–H groups in total. The number of aromatic nitrogens is 2. The molecule has 0 aliphatic rings. The van der Waals surface area contributed by atoms with Gasteiger partial charge in [-0.25, -0.2) is 9.78 Å². The van der Waals surface area contributed by atoms with Gasteiger partial charge in [0.05, 0.1) is 11.2 Å². The number of rotatable bonds is 7. The highest BCUT2D eigenvalue weighted by atomic mass is 32.1. The van der Waals surface area contributed by atoms with Crippen molar-refractivity contribution in [1.29, 1.82) is 0 Å². The molecule has 1 atom stereocenters. The fraction of sp³-hybridized carbons (Fsp3) is 0.350. The number of hydrogen-bond donors (Lipinski definition) is 1. The van der Waals surface area contributed by atoms with E-state index in [0.717, 1.165) is 27.4 Å². The molecule has 2 heterocycles. The van der Waals surface area contributed by atoms with Crippen LogP contribution in [0.1, 0.15) is 35.7 Å². The summed E-state index contributed by atoms with van der Waals surface area (Å²) in [5.74, 6) is 0. The van der Waals surface area contributed by atoms with Crippen LogP contribution in [0.3, 0.4) is 0 Å². The summed E-state index contributed by atoms with van der Waals surface area (Å²) in [7, 11) is -0.463. The van der Waals surface area contributed by atoms with Gasteiger partial charge in [-0.1, -0.05) is 30.3 Å². The summed E-state index contributed by atoms with van der Waals surface area (Å²) in [5, 5.41) is 17.2. The lowest BCUT2D eigenvalue weighted by molar-refractivity contribution is 0.197. The fourth-order valence-corrected chi connectivity index (χ4v) is 5.02. The average Bonchev–Trinajstić information content (AvgIpc) is 3.29. The van der Waals surface area contributed by atoms with Crippen LogP contribution >= 0.6 is 11.3 Å². The van der Waals surface area contributed by atoms with Crippen LogP contribution in [0.4, 0.5) is 4.79 Å². The molecular formula is C20H25N3O4SSi. The van der Waals surface area contributed by atoms with Crippen LogP contribution in [0.25, 0.3) is 10.9 Å². The zero-order valence-corrected chi connectivity index (χ0v) is 19.0. The molecule has 29 heavy (non-hydrogen) atoms. The topological polar surface area (TPSA) is 85.9 Å². The number of hydrogen-bond acceptors (Lipinski definition) is 6. The number of nitrogens with zero attached hydrogens (tertiary/aromatic N) is 3. The minimum absolute atomic E-state index is 0.452. The minimum Gasteiger partial charge on any atom is -0.464 e. The van der Waals surface area contributed by atoms with Crippen molar-refractivity contribution in [3.05, 3.63) is 52.1 Å². The van der Waals surface area contributed by atoms with Crippen LogP contribution < -0.4 is 0 Å². The van der Waals surface area contributed by atoms with Crippen molar-refractivity contribution in [2.24, 2.45) is 5.16 Å². The third-order valence-electron chi connectivity index (χ3n) is 4.28. The molecule has 0 aliphatic heterocycles. The van der Waals surface area contributed by atoms with Gasteiger partial charge in [-0.05, 0) is 32.1 Å². The van der Waals surface area contributed by atoms with Crippen LogP contribution in [0.15, 0.2) is 41.0 Å². The number of oxime groups is 1. The number of carbonyl (C=O) groups is 1. The molecule has 1 aromatic carbocycles. The van der Waals surface area contributed by atoms with Crippen molar-refractivity contribution in [2.75, 3.05) is 7.11 Å². The molecule has 0 saturated carbocycles. The van der Waals surface area contributed by atoms with Crippen LogP contribution in [0, 0.1) is 0 Å². The SMILES string of the molecule is CC/C(=N\OC)c1csc(C(O[Si](C)(C)C)c2cn(C(=O)O)c3ccccc23)n1. The molecule has 0 saturated heterocycles. The monoisotopic (exact) mass is 431 g/mol. The first-order valence-electron chi connectivity index (χ1n) is 9.32. The highest BCUT2D eigenvalue weighted by molar-refractivity contribution is 7.10. The van der Waals surface area contributed by atoms with E-state index in [1.165, 1.54) is 23.0 Å². The van der Waals surface area contributed by atoms with Gasteiger partial charge < -0.3 is 14.4 Å². The maximum absolute atomic E-state index is 11.8. The Hall–Kier alpha value is -2.49. The van der Waals surface area contributed by atoms with Gasteiger partial charge in [0.2, 0.25) is 0 Å². The fourth-order valence-electron chi connectivity index (χ4n) is 3.12. The summed E-state index contributed by atoms with van der Waals surface area (Å²) in [4.78, 5) is 21.5. The van der Waals surface area contributed by atoms with Crippen molar-refractivity contribution >= 4 is 42.4 Å². The van der Waals surface area contributed by atoms with E-state index in [-0.39, 0.29) is 0 Å². The van der Waals surface area contributed by atoms with E-state index < -0.39 is 20.5 Å². The lowest BCUT2D eigenvalue weighted by atomic mass is 10.1. The Kier molecular flexibility index (Phi) is 6.20. The largest absolute Gasteiger partial charge is 0.464 e. The predicted molar refractivity (Wildman–Crippen MR) is 118 cm³/mol. The summed E-state index contributed by atoms with van der Waals surface area (Å²) in [5.41, 5.74) is 2.94. The van der Waals surface area contributed by atoms with Crippen molar-refractivity contribution < 1.29 is 19.2 Å². The standard InChI is InChI=1S/C20H25N3O4SSi/c1-6-15(22-26-2)16-12-28-19(21-16)18(27-29(3,4)5)14-11-23(20(24)25)17-10-8-7-9-13(14)17/h7-12,18H,6H2,1-5H3,(H,24,25)/b22-15+. The Bertz CT molecular complexity index is 1050. The van der Waals surface area contributed by atoms with Crippen molar-refractivity contribution in [3.63, 3.8) is 0 Å². The lowest BCUT2D eigenvalue weighted by Gasteiger charge is -2.25. The Labute approximate surface area is 174 Å². The molecule has 0 fully saturated rings. The van der Waals surface area contributed by atoms with E-state index in [4.69, 9.17) is 14.2 Å². The Balaban J connectivity index is 2.16. The summed E-state index contributed by atoms with van der Waals surface area (Å²) < 4.78 is 7.75. The Morgan fingerprint density at radius 3 is 2.69 bits per heavy atom. The Morgan fingerprint density at radius 1 is 1.34 bits per heavy atom. The quantitative estimate of drug-likeness (QED) is 0.311. The molecule has 3 rings (SSSR count). The first-order valence-corrected chi connectivity index (χ1v) is 13.6. The summed E-state index contributed by atoms with van der Waals surface area (Å²) in [6.45, 7) is 8.31. The summed E-state index contributed by atoms with van der Waals surface area (Å²) in [6, 6.07) is 7.45. The van der Waals surface area contributed by atoms with Crippen molar-refractivity contribution in [1.82, 2.24) is 9.55 Å². The molecule has 0 spiro atoms. The third kappa shape index (κ3) is 4.57. The molecule has 3 aromatic rings. The van der Waals surface area contributed by atoms with Gasteiger partial charge in [0.15, 0.2) is 8.32 Å². The zero-order chi connectivity index (χ0) is 21.2. The van der Waals surface area contributed by atoms with Gasteiger partial charge in [0, 0.05) is 22.5 Å². The highest BCUT2D eigenvalue weighted by Crippen LogP contribution is 2.36. The number of thiazole rings is 1. The highest BCUT2D eigenvalue weighted by Gasteiger charge is 2.30. The molecule has 0 amide bonds. The van der Waals surface area contributed by atoms with Gasteiger partial charge in [-0.3, -0.25) is 4.57 Å². The van der Waals surface area contributed by atoms with E-state index in [1.807, 2.05) is 30.5 Å². The van der Waals surface area contributed by atoms with E-state index in [2.05, 4.69) is 24.8 Å². The molecule has 7 nitrogen and oxygen atoms in total. The number of carboxylic acid groups (broad SMARTS) is 1. The maximum atomic E-state index is 11.8. The van der Waals surface area contributed by atoms with Crippen LogP contribution in [0.2, 0.25) is 19.6 Å². The van der Waals surface area contributed by atoms with E-state index in [0.29, 0.717) is 11.9 Å². The van der Waals surface area contributed by atoms with Crippen molar-refractivity contribution in [2.45, 2.75) is 39.1 Å². The van der Waals surface area contributed by atoms with Gasteiger partial charge in [-0.15, -0.1) is 11.3 Å². The predicted octanol–water partition coefficient (Wildman–Crippen LogP) is 5.33. The number of fused-ring (bicyclic) bond motifs is 1. The second-order valence-electron chi connectivity index (χ2n) is 7.51. The van der Waals surface area contributed by atoms with Gasteiger partial charge in [-0.2, -0.15) is 0 Å². The van der Waals surface area contributed by atoms with Gasteiger partial charge in [0.25, 0.3) is 0 Å². The van der Waals surface area contributed by atoms with Crippen LogP contribution in [0.5, 0.6) is 0 Å². The normalized spacial score (nSPS) is 13.6. The molecule has 2 aromatic heterocycles. The second kappa shape index (κ2) is 8.48. The van der Waals surface area contributed by atoms with Crippen LogP contribution in [-0.4, -0.2) is 41.9 Å². The number of benzene rings is 1. The summed E-state index contributed by atoms with van der Waals surface area (Å²) in [6.07, 6.45) is 0.851. The first kappa shape index (κ1) is 21.2.